The van der Waals surface area contributed by atoms with Crippen LogP contribution in [0.4, 0.5) is 0 Å². The van der Waals surface area contributed by atoms with Gasteiger partial charge < -0.3 is 10.0 Å². The van der Waals surface area contributed by atoms with Gasteiger partial charge in [0.1, 0.15) is 0 Å². The van der Waals surface area contributed by atoms with Crippen LogP contribution in [-0.2, 0) is 11.3 Å². The number of β-amino-alcohol motifs (C(OH)–C–C–N with tert-alkyl or cyclic N) is 1. The minimum Gasteiger partial charge on any atom is -0.392 e. The topological polar surface area (TPSA) is 43.8 Å². The largest absolute Gasteiger partial charge is 0.392 e. The van der Waals surface area contributed by atoms with Crippen molar-refractivity contribution in [1.29, 1.82) is 0 Å². The minimum absolute atomic E-state index is 0.0640. The molecule has 1 aromatic rings. The molecule has 4 nitrogen and oxygen atoms in total. The number of likely N-dealkylation sites (N-methyl/N-ethyl adjacent to an activating group) is 1. The molecule has 1 aliphatic rings. The number of benzene rings is 1. The molecule has 0 aromatic heterocycles. The highest BCUT2D eigenvalue weighted by Gasteiger charge is 2.23. The molecule has 1 unspecified atom stereocenters. The first-order valence-corrected chi connectivity index (χ1v) is 6.81. The van der Waals surface area contributed by atoms with Crippen molar-refractivity contribution in [3.63, 3.8) is 0 Å². The summed E-state index contributed by atoms with van der Waals surface area (Å²) in [5.41, 5.74) is 1.02. The van der Waals surface area contributed by atoms with Gasteiger partial charge >= 0.3 is 0 Å². The Kier molecular flexibility index (Phi) is 4.80. The van der Waals surface area contributed by atoms with Crippen molar-refractivity contribution in [2.24, 2.45) is 0 Å². The van der Waals surface area contributed by atoms with Gasteiger partial charge in [-0.25, -0.2) is 0 Å². The summed E-state index contributed by atoms with van der Waals surface area (Å²) in [7, 11) is 1.79. The molecule has 0 radical (unpaired) electrons. The lowest BCUT2D eigenvalue weighted by Gasteiger charge is -2.21. The van der Waals surface area contributed by atoms with Crippen LogP contribution in [0.1, 0.15) is 12.0 Å². The molecule has 0 aliphatic carbocycles. The third-order valence-corrected chi connectivity index (χ3v) is 3.58. The SMILES string of the molecule is CN(Cc1cccc(Cl)c1)C(=O)CN1CCC(O)C1. The predicted octanol–water partition coefficient (Wildman–Crippen LogP) is 1.36. The van der Waals surface area contributed by atoms with E-state index in [-0.39, 0.29) is 12.0 Å². The van der Waals surface area contributed by atoms with Gasteiger partial charge in [-0.3, -0.25) is 9.69 Å². The van der Waals surface area contributed by atoms with Gasteiger partial charge in [0.05, 0.1) is 12.6 Å². The smallest absolute Gasteiger partial charge is 0.236 e. The maximum atomic E-state index is 12.1. The molecule has 1 amide bonds. The van der Waals surface area contributed by atoms with Crippen LogP contribution in [0.5, 0.6) is 0 Å². The second-order valence-electron chi connectivity index (χ2n) is 5.06. The van der Waals surface area contributed by atoms with Crippen LogP contribution in [0.25, 0.3) is 0 Å². The number of hydrogen-bond donors (Lipinski definition) is 1. The highest BCUT2D eigenvalue weighted by Crippen LogP contribution is 2.13. The van der Waals surface area contributed by atoms with E-state index in [4.69, 9.17) is 11.6 Å². The lowest BCUT2D eigenvalue weighted by atomic mass is 10.2. The molecule has 1 atom stereocenters. The molecular formula is C14H19ClN2O2. The Bertz CT molecular complexity index is 453. The maximum Gasteiger partial charge on any atom is 0.236 e. The maximum absolute atomic E-state index is 12.1. The van der Waals surface area contributed by atoms with Gasteiger partial charge in [-0.2, -0.15) is 0 Å². The van der Waals surface area contributed by atoms with E-state index < -0.39 is 0 Å². The number of nitrogens with zero attached hydrogens (tertiary/aromatic N) is 2. The Morgan fingerprint density at radius 3 is 3.00 bits per heavy atom. The number of aliphatic hydroxyl groups is 1. The van der Waals surface area contributed by atoms with Gasteiger partial charge in [0.25, 0.3) is 0 Å². The molecule has 1 heterocycles. The first-order chi connectivity index (χ1) is 9.04. The van der Waals surface area contributed by atoms with Gasteiger partial charge in [0, 0.05) is 31.7 Å². The Balaban J connectivity index is 1.85. The van der Waals surface area contributed by atoms with Gasteiger partial charge in [0.15, 0.2) is 0 Å². The van der Waals surface area contributed by atoms with E-state index in [2.05, 4.69) is 0 Å². The van der Waals surface area contributed by atoms with Gasteiger partial charge in [-0.1, -0.05) is 23.7 Å². The Labute approximate surface area is 118 Å². The summed E-state index contributed by atoms with van der Waals surface area (Å²) < 4.78 is 0. The normalized spacial score (nSPS) is 19.6. The third kappa shape index (κ3) is 4.20. The van der Waals surface area contributed by atoms with Crippen molar-refractivity contribution in [3.8, 4) is 0 Å². The van der Waals surface area contributed by atoms with Crippen LogP contribution in [0.2, 0.25) is 5.02 Å². The highest BCUT2D eigenvalue weighted by molar-refractivity contribution is 6.30. The number of halogens is 1. The number of carbonyl (C=O) groups is 1. The van der Waals surface area contributed by atoms with Crippen LogP contribution in [-0.4, -0.2) is 53.6 Å². The standard InChI is InChI=1S/C14H19ClN2O2/c1-16(8-11-3-2-4-12(15)7-11)14(19)10-17-6-5-13(18)9-17/h2-4,7,13,18H,5-6,8-10H2,1H3. The quantitative estimate of drug-likeness (QED) is 0.907. The van der Waals surface area contributed by atoms with Crippen molar-refractivity contribution in [3.05, 3.63) is 34.9 Å². The van der Waals surface area contributed by atoms with E-state index in [1.165, 1.54) is 0 Å². The van der Waals surface area contributed by atoms with Crippen molar-refractivity contribution >= 4 is 17.5 Å². The lowest BCUT2D eigenvalue weighted by Crippen LogP contribution is -2.37. The van der Waals surface area contributed by atoms with Crippen LogP contribution in [0.3, 0.4) is 0 Å². The summed E-state index contributed by atoms with van der Waals surface area (Å²) in [6.07, 6.45) is 0.469. The number of likely N-dealkylation sites (tertiary alicyclic amines) is 1. The summed E-state index contributed by atoms with van der Waals surface area (Å²) >= 11 is 5.92. The number of amides is 1. The fraction of sp³-hybridized carbons (Fsp3) is 0.500. The van der Waals surface area contributed by atoms with Crippen LogP contribution >= 0.6 is 11.6 Å². The van der Waals surface area contributed by atoms with Gasteiger partial charge in [0.2, 0.25) is 5.91 Å². The zero-order valence-corrected chi connectivity index (χ0v) is 11.8. The molecule has 0 spiro atoms. The number of aliphatic hydroxyl groups excluding tert-OH is 1. The molecule has 1 aliphatic heterocycles. The van der Waals surface area contributed by atoms with Gasteiger partial charge in [-0.05, 0) is 24.1 Å². The highest BCUT2D eigenvalue weighted by atomic mass is 35.5. The summed E-state index contributed by atoms with van der Waals surface area (Å²) in [6, 6.07) is 7.52. The molecule has 5 heteroatoms. The monoisotopic (exact) mass is 282 g/mol. The number of hydrogen-bond acceptors (Lipinski definition) is 3. The molecule has 104 valence electrons. The van der Waals surface area contributed by atoms with E-state index in [1.54, 1.807) is 11.9 Å². The molecule has 1 fully saturated rings. The predicted molar refractivity (Wildman–Crippen MR) is 75.0 cm³/mol. The summed E-state index contributed by atoms with van der Waals surface area (Å²) in [4.78, 5) is 15.7. The second-order valence-corrected chi connectivity index (χ2v) is 5.49. The van der Waals surface area contributed by atoms with E-state index in [9.17, 15) is 9.90 Å². The van der Waals surface area contributed by atoms with Crippen molar-refractivity contribution in [1.82, 2.24) is 9.80 Å². The second kappa shape index (κ2) is 6.37. The fourth-order valence-electron chi connectivity index (χ4n) is 2.27. The zero-order valence-electron chi connectivity index (χ0n) is 11.1. The van der Waals surface area contributed by atoms with Gasteiger partial charge in [-0.15, -0.1) is 0 Å². The minimum atomic E-state index is -0.286. The molecule has 2 rings (SSSR count). The van der Waals surface area contributed by atoms with Crippen LogP contribution < -0.4 is 0 Å². The first kappa shape index (κ1) is 14.3. The number of rotatable bonds is 4. The fourth-order valence-corrected chi connectivity index (χ4v) is 2.48. The van der Waals surface area contributed by atoms with E-state index in [0.29, 0.717) is 24.7 Å². The van der Waals surface area contributed by atoms with Crippen molar-refractivity contribution in [2.45, 2.75) is 19.1 Å². The van der Waals surface area contributed by atoms with Crippen molar-refractivity contribution in [2.75, 3.05) is 26.7 Å². The molecule has 0 saturated carbocycles. The van der Waals surface area contributed by atoms with E-state index >= 15 is 0 Å². The Morgan fingerprint density at radius 2 is 2.37 bits per heavy atom. The molecule has 0 bridgehead atoms. The van der Waals surface area contributed by atoms with Crippen LogP contribution in [0.15, 0.2) is 24.3 Å². The molecular weight excluding hydrogens is 264 g/mol. The first-order valence-electron chi connectivity index (χ1n) is 6.43. The number of carbonyl (C=O) groups excluding carboxylic acids is 1. The average Bonchev–Trinajstić information content (AvgIpc) is 2.74. The third-order valence-electron chi connectivity index (χ3n) is 3.34. The van der Waals surface area contributed by atoms with E-state index in [0.717, 1.165) is 18.5 Å². The molecule has 1 N–H and O–H groups in total. The summed E-state index contributed by atoms with van der Waals surface area (Å²) in [5.74, 6) is 0.0640. The van der Waals surface area contributed by atoms with Crippen molar-refractivity contribution < 1.29 is 9.90 Å². The summed E-state index contributed by atoms with van der Waals surface area (Å²) in [5, 5.41) is 10.1. The molecule has 1 aromatic carbocycles. The zero-order chi connectivity index (χ0) is 13.8. The Hall–Kier alpha value is -1.10. The Morgan fingerprint density at radius 1 is 1.58 bits per heavy atom. The van der Waals surface area contributed by atoms with E-state index in [1.807, 2.05) is 29.2 Å². The van der Waals surface area contributed by atoms with Crippen LogP contribution in [0, 0.1) is 0 Å². The molecule has 19 heavy (non-hydrogen) atoms. The lowest BCUT2D eigenvalue weighted by molar-refractivity contribution is -0.131. The average molecular weight is 283 g/mol. The summed E-state index contributed by atoms with van der Waals surface area (Å²) in [6.45, 7) is 2.30. The molecule has 1 saturated heterocycles.